The van der Waals surface area contributed by atoms with Crippen molar-refractivity contribution in [2.24, 2.45) is 4.99 Å². The van der Waals surface area contributed by atoms with Crippen LogP contribution < -0.4 is 21.3 Å². The predicted molar refractivity (Wildman–Crippen MR) is 171 cm³/mol. The van der Waals surface area contributed by atoms with Gasteiger partial charge in [0.25, 0.3) is 5.91 Å². The smallest absolute Gasteiger partial charge is 0.305 e. The highest BCUT2D eigenvalue weighted by Crippen LogP contribution is 2.31. The predicted octanol–water partition coefficient (Wildman–Crippen LogP) is 5.27. The van der Waals surface area contributed by atoms with Gasteiger partial charge in [0.05, 0.1) is 25.6 Å². The minimum atomic E-state index is -1.04. The summed E-state index contributed by atoms with van der Waals surface area (Å²) in [6, 6.07) is 26.0. The number of rotatable bonds is 9. The molecular weight excluding hydrogens is 542 g/mol. The van der Waals surface area contributed by atoms with E-state index in [1.54, 1.807) is 18.2 Å². The first kappa shape index (κ1) is 30.8. The van der Waals surface area contributed by atoms with E-state index in [9.17, 15) is 19.5 Å². The van der Waals surface area contributed by atoms with Gasteiger partial charge in [-0.3, -0.25) is 19.4 Å². The SMILES string of the molecule is CC.Cc1ccc(-c2ccc(C(CC(=O)O)NC(=O)CNC(=O)c3cccc(NC4=NCCN4)c3)cc2)c2ccccc12. The Hall–Kier alpha value is -5.18. The lowest BCUT2D eigenvalue weighted by Crippen LogP contribution is -2.39. The standard InChI is InChI=1S/C32H31N5O4.C2H6/c1-20-9-14-26(27-8-3-2-7-25(20)27)21-10-12-22(13-11-21)28(18-30(39)40)37-29(38)19-35-31(41)23-5-4-6-24(17-23)36-32-33-15-16-34-32;1-2/h2-14,17,28H,15-16,18-19H2,1H3,(H,35,41)(H,37,38)(H,39,40)(H2,33,34,36);1-2H3. The maximum atomic E-state index is 12.8. The van der Waals surface area contributed by atoms with Gasteiger partial charge in [-0.1, -0.05) is 80.6 Å². The third kappa shape index (κ3) is 7.97. The van der Waals surface area contributed by atoms with Gasteiger partial charge in [0.2, 0.25) is 5.91 Å². The Bertz CT molecular complexity index is 1630. The van der Waals surface area contributed by atoms with Crippen molar-refractivity contribution in [3.05, 3.63) is 102 Å². The second-order valence-corrected chi connectivity index (χ2v) is 9.86. The molecule has 1 aliphatic heterocycles. The van der Waals surface area contributed by atoms with Crippen LogP contribution >= 0.6 is 0 Å². The molecule has 222 valence electrons. The Balaban J connectivity index is 0.00000207. The Labute approximate surface area is 251 Å². The molecule has 9 nitrogen and oxygen atoms in total. The summed E-state index contributed by atoms with van der Waals surface area (Å²) < 4.78 is 0. The van der Waals surface area contributed by atoms with Crippen LogP contribution in [0, 0.1) is 6.92 Å². The zero-order valence-corrected chi connectivity index (χ0v) is 24.6. The van der Waals surface area contributed by atoms with E-state index >= 15 is 0 Å². The molecule has 9 heteroatoms. The van der Waals surface area contributed by atoms with Crippen LogP contribution in [-0.4, -0.2) is 48.5 Å². The molecule has 1 atom stereocenters. The van der Waals surface area contributed by atoms with E-state index in [2.05, 4.69) is 57.4 Å². The number of aryl methyl sites for hydroxylation is 1. The number of carboxylic acid groups (broad SMARTS) is 1. The Morgan fingerprint density at radius 2 is 1.67 bits per heavy atom. The van der Waals surface area contributed by atoms with Gasteiger partial charge in [-0.25, -0.2) is 0 Å². The van der Waals surface area contributed by atoms with E-state index in [1.165, 1.54) is 10.9 Å². The lowest BCUT2D eigenvalue weighted by atomic mass is 9.94. The normalized spacial score (nSPS) is 12.7. The van der Waals surface area contributed by atoms with Crippen LogP contribution in [0.4, 0.5) is 5.69 Å². The third-order valence-electron chi connectivity index (χ3n) is 6.95. The molecular formula is C34H37N5O4. The highest BCUT2D eigenvalue weighted by atomic mass is 16.4. The first-order valence-corrected chi connectivity index (χ1v) is 14.4. The van der Waals surface area contributed by atoms with Gasteiger partial charge >= 0.3 is 5.97 Å². The summed E-state index contributed by atoms with van der Waals surface area (Å²) >= 11 is 0. The van der Waals surface area contributed by atoms with Crippen LogP contribution in [0.5, 0.6) is 0 Å². The molecule has 0 spiro atoms. The highest BCUT2D eigenvalue weighted by molar-refractivity contribution is 6.00. The highest BCUT2D eigenvalue weighted by Gasteiger charge is 2.19. The maximum absolute atomic E-state index is 12.8. The topological polar surface area (TPSA) is 132 Å². The molecule has 1 unspecified atom stereocenters. The summed E-state index contributed by atoms with van der Waals surface area (Å²) in [5, 5.41) is 23.4. The molecule has 2 amide bonds. The first-order chi connectivity index (χ1) is 20.9. The number of hydrogen-bond donors (Lipinski definition) is 5. The van der Waals surface area contributed by atoms with Crippen molar-refractivity contribution < 1.29 is 19.5 Å². The van der Waals surface area contributed by atoms with Crippen LogP contribution in [0.25, 0.3) is 21.9 Å². The second-order valence-electron chi connectivity index (χ2n) is 9.86. The van der Waals surface area contributed by atoms with Gasteiger partial charge in [-0.05, 0) is 58.1 Å². The molecule has 43 heavy (non-hydrogen) atoms. The quantitative estimate of drug-likeness (QED) is 0.183. The fourth-order valence-corrected chi connectivity index (χ4v) is 4.89. The number of carbonyl (C=O) groups excluding carboxylic acids is 2. The molecule has 0 fully saturated rings. The number of aliphatic imine (C=N–C) groups is 1. The summed E-state index contributed by atoms with van der Waals surface area (Å²) in [5.74, 6) is -1.31. The van der Waals surface area contributed by atoms with Crippen molar-refractivity contribution in [2.45, 2.75) is 33.2 Å². The molecule has 5 rings (SSSR count). The van der Waals surface area contributed by atoms with Crippen molar-refractivity contribution >= 4 is 40.2 Å². The molecule has 4 aromatic rings. The molecule has 1 aliphatic rings. The molecule has 0 aliphatic carbocycles. The molecule has 1 heterocycles. The minimum absolute atomic E-state index is 0.294. The van der Waals surface area contributed by atoms with E-state index in [-0.39, 0.29) is 13.0 Å². The van der Waals surface area contributed by atoms with E-state index in [1.807, 2.05) is 56.3 Å². The molecule has 5 N–H and O–H groups in total. The van der Waals surface area contributed by atoms with Gasteiger partial charge < -0.3 is 26.4 Å². The van der Waals surface area contributed by atoms with Crippen LogP contribution in [-0.2, 0) is 9.59 Å². The Morgan fingerprint density at radius 1 is 0.930 bits per heavy atom. The minimum Gasteiger partial charge on any atom is -0.481 e. The van der Waals surface area contributed by atoms with Gasteiger partial charge in [-0.2, -0.15) is 0 Å². The number of fused-ring (bicyclic) bond motifs is 1. The third-order valence-corrected chi connectivity index (χ3v) is 6.95. The fourth-order valence-electron chi connectivity index (χ4n) is 4.89. The summed E-state index contributed by atoms with van der Waals surface area (Å²) in [6.07, 6.45) is -0.294. The van der Waals surface area contributed by atoms with Crippen LogP contribution in [0.15, 0.2) is 89.9 Å². The molecule has 0 aromatic heterocycles. The number of carbonyl (C=O) groups is 3. The van der Waals surface area contributed by atoms with Crippen molar-refractivity contribution in [2.75, 3.05) is 25.0 Å². The number of amides is 2. The van der Waals surface area contributed by atoms with Gasteiger partial charge in [0, 0.05) is 17.8 Å². The number of benzene rings is 4. The van der Waals surface area contributed by atoms with Crippen LogP contribution in [0.3, 0.4) is 0 Å². The van der Waals surface area contributed by atoms with E-state index in [4.69, 9.17) is 0 Å². The molecule has 0 radical (unpaired) electrons. The van der Waals surface area contributed by atoms with Gasteiger partial charge in [0.1, 0.15) is 0 Å². The summed E-state index contributed by atoms with van der Waals surface area (Å²) in [6.45, 7) is 7.23. The Kier molecular flexibility index (Phi) is 10.5. The number of nitrogens with zero attached hydrogens (tertiary/aromatic N) is 1. The average molecular weight is 580 g/mol. The zero-order chi connectivity index (χ0) is 30.8. The van der Waals surface area contributed by atoms with E-state index in [0.717, 1.165) is 23.1 Å². The number of nitrogens with one attached hydrogen (secondary N) is 4. The maximum Gasteiger partial charge on any atom is 0.305 e. The summed E-state index contributed by atoms with van der Waals surface area (Å²) in [7, 11) is 0. The van der Waals surface area contributed by atoms with Gasteiger partial charge in [-0.15, -0.1) is 0 Å². The van der Waals surface area contributed by atoms with Crippen LogP contribution in [0.1, 0.15) is 47.8 Å². The van der Waals surface area contributed by atoms with Crippen molar-refractivity contribution in [1.82, 2.24) is 16.0 Å². The first-order valence-electron chi connectivity index (χ1n) is 14.4. The van der Waals surface area contributed by atoms with E-state index < -0.39 is 23.8 Å². The van der Waals surface area contributed by atoms with Crippen LogP contribution in [0.2, 0.25) is 0 Å². The molecule has 0 saturated heterocycles. The number of anilines is 1. The summed E-state index contributed by atoms with van der Waals surface area (Å²) in [4.78, 5) is 41.3. The number of guanidine groups is 1. The lowest BCUT2D eigenvalue weighted by Gasteiger charge is -2.18. The summed E-state index contributed by atoms with van der Waals surface area (Å²) in [5.41, 5.74) is 4.99. The monoisotopic (exact) mass is 579 g/mol. The Morgan fingerprint density at radius 3 is 2.37 bits per heavy atom. The zero-order valence-electron chi connectivity index (χ0n) is 24.6. The lowest BCUT2D eigenvalue weighted by molar-refractivity contribution is -0.137. The van der Waals surface area contributed by atoms with Gasteiger partial charge in [0.15, 0.2) is 5.96 Å². The number of carboxylic acids is 1. The number of hydrogen-bond acceptors (Lipinski definition) is 6. The molecule has 0 bridgehead atoms. The fraction of sp³-hybridized carbons (Fsp3) is 0.235. The number of aliphatic carboxylic acids is 1. The van der Waals surface area contributed by atoms with Crippen molar-refractivity contribution in [1.29, 1.82) is 0 Å². The second kappa shape index (κ2) is 14.6. The largest absolute Gasteiger partial charge is 0.481 e. The van der Waals surface area contributed by atoms with E-state index in [0.29, 0.717) is 29.3 Å². The molecule has 0 saturated carbocycles. The van der Waals surface area contributed by atoms with Crippen molar-refractivity contribution in [3.8, 4) is 11.1 Å². The average Bonchev–Trinajstić information content (AvgIpc) is 3.54. The molecule has 4 aromatic carbocycles. The van der Waals surface area contributed by atoms with Crippen molar-refractivity contribution in [3.63, 3.8) is 0 Å².